The van der Waals surface area contributed by atoms with E-state index in [0.29, 0.717) is 11.1 Å². The van der Waals surface area contributed by atoms with Crippen LogP contribution in [0.4, 0.5) is 0 Å². The highest BCUT2D eigenvalue weighted by Gasteiger charge is 2.39. The van der Waals surface area contributed by atoms with Crippen LogP contribution in [0.25, 0.3) is 0 Å². The molecule has 2 N–H and O–H groups in total. The van der Waals surface area contributed by atoms with E-state index >= 15 is 0 Å². The van der Waals surface area contributed by atoms with Gasteiger partial charge in [-0.15, -0.1) is 0 Å². The molecule has 4 aromatic rings. The summed E-state index contributed by atoms with van der Waals surface area (Å²) in [4.78, 5) is 13.2. The maximum atomic E-state index is 13.3. The number of carbonyl (C=O) groups excluding carboxylic acids is 1. The lowest BCUT2D eigenvalue weighted by atomic mass is 9.85. The summed E-state index contributed by atoms with van der Waals surface area (Å²) in [6.45, 7) is 0. The Hall–Kier alpha value is -4.47. The lowest BCUT2D eigenvalue weighted by Gasteiger charge is -2.27. The molecule has 0 saturated heterocycles. The van der Waals surface area contributed by atoms with Gasteiger partial charge in [0.1, 0.15) is 4.90 Å². The van der Waals surface area contributed by atoms with Crippen molar-refractivity contribution in [3.05, 3.63) is 126 Å². The maximum Gasteiger partial charge on any atom is 0.339 e. The minimum atomic E-state index is -4.17. The highest BCUT2D eigenvalue weighted by atomic mass is 32.2. The van der Waals surface area contributed by atoms with E-state index in [4.69, 9.17) is 8.92 Å². The number of para-hydroxylation sites is 1. The molecule has 0 heterocycles. The number of hydrogen-bond donors (Lipinski definition) is 2. The molecular formula is C28H24N2O6S. The topological polar surface area (TPSA) is 114 Å². The van der Waals surface area contributed by atoms with Crippen LogP contribution in [0.1, 0.15) is 16.7 Å². The van der Waals surface area contributed by atoms with Crippen molar-refractivity contribution >= 4 is 22.2 Å². The number of methoxy groups -OCH3 is 1. The number of nitrogens with one attached hydrogen (secondary N) is 1. The summed E-state index contributed by atoms with van der Waals surface area (Å²) < 4.78 is 36.3. The molecule has 188 valence electrons. The second-order valence-electron chi connectivity index (χ2n) is 7.87. The standard InChI is InChI=1S/C28H24N2O6S/c1-35-25-19-11-12-21(26(25)36-37(33,34)24-17-9-4-10-18-24)20-29-30-27(31)28(32,22-13-5-2-6-14-22)23-15-7-3-8-16-23/h2-20,32H,1H3,(H,30,31)/b29-20-. The number of carbonyl (C=O) groups is 1. The zero-order chi connectivity index (χ0) is 26.3. The molecular weight excluding hydrogens is 492 g/mol. The average Bonchev–Trinajstić information content (AvgIpc) is 2.94. The van der Waals surface area contributed by atoms with Crippen LogP contribution >= 0.6 is 0 Å². The Balaban J connectivity index is 1.64. The minimum Gasteiger partial charge on any atom is -0.493 e. The number of ether oxygens (including phenoxy) is 1. The molecule has 0 atom stereocenters. The number of hydrogen-bond acceptors (Lipinski definition) is 7. The van der Waals surface area contributed by atoms with E-state index < -0.39 is 21.6 Å². The van der Waals surface area contributed by atoms with Crippen molar-refractivity contribution in [2.24, 2.45) is 5.10 Å². The molecule has 0 unspecified atom stereocenters. The molecule has 1 amide bonds. The van der Waals surface area contributed by atoms with Crippen LogP contribution in [-0.4, -0.2) is 32.8 Å². The summed E-state index contributed by atoms with van der Waals surface area (Å²) in [6.07, 6.45) is 1.21. The van der Waals surface area contributed by atoms with Crippen molar-refractivity contribution in [3.63, 3.8) is 0 Å². The summed E-state index contributed by atoms with van der Waals surface area (Å²) in [5, 5.41) is 15.5. The van der Waals surface area contributed by atoms with E-state index in [1.807, 2.05) is 0 Å². The predicted octanol–water partition coefficient (Wildman–Crippen LogP) is 3.85. The van der Waals surface area contributed by atoms with Gasteiger partial charge in [0.05, 0.1) is 13.3 Å². The van der Waals surface area contributed by atoms with Gasteiger partial charge in [-0.25, -0.2) is 5.43 Å². The SMILES string of the molecule is COc1cccc(/C=N\NC(=O)C(O)(c2ccccc2)c2ccccc2)c1OS(=O)(=O)c1ccccc1. The number of hydrazone groups is 1. The van der Waals surface area contributed by atoms with Crippen molar-refractivity contribution in [3.8, 4) is 11.5 Å². The number of benzene rings is 4. The van der Waals surface area contributed by atoms with Crippen LogP contribution in [0, 0.1) is 0 Å². The highest BCUT2D eigenvalue weighted by molar-refractivity contribution is 7.87. The summed E-state index contributed by atoms with van der Waals surface area (Å²) in [5.41, 5.74) is 1.27. The van der Waals surface area contributed by atoms with Crippen molar-refractivity contribution in [1.82, 2.24) is 5.43 Å². The van der Waals surface area contributed by atoms with Crippen molar-refractivity contribution < 1.29 is 27.2 Å². The molecule has 0 fully saturated rings. The smallest absolute Gasteiger partial charge is 0.339 e. The summed E-state index contributed by atoms with van der Waals surface area (Å²) in [5.74, 6) is -0.753. The number of rotatable bonds is 9. The Bertz CT molecular complexity index is 1450. The van der Waals surface area contributed by atoms with E-state index in [0.717, 1.165) is 0 Å². The van der Waals surface area contributed by atoms with Gasteiger partial charge >= 0.3 is 10.1 Å². The van der Waals surface area contributed by atoms with Gasteiger partial charge in [-0.2, -0.15) is 13.5 Å². The van der Waals surface area contributed by atoms with Crippen molar-refractivity contribution in [2.75, 3.05) is 7.11 Å². The third kappa shape index (κ3) is 5.53. The molecule has 0 aliphatic carbocycles. The van der Waals surface area contributed by atoms with E-state index in [1.54, 1.807) is 91.0 Å². The van der Waals surface area contributed by atoms with Gasteiger partial charge in [0, 0.05) is 5.56 Å². The molecule has 0 aliphatic rings. The van der Waals surface area contributed by atoms with Gasteiger partial charge < -0.3 is 14.0 Å². The normalized spacial score (nSPS) is 11.7. The van der Waals surface area contributed by atoms with E-state index in [2.05, 4.69) is 10.5 Å². The first-order valence-corrected chi connectivity index (χ1v) is 12.6. The third-order valence-corrected chi connectivity index (χ3v) is 6.77. The van der Waals surface area contributed by atoms with Crippen LogP contribution < -0.4 is 14.3 Å². The van der Waals surface area contributed by atoms with E-state index in [1.165, 1.54) is 31.5 Å². The van der Waals surface area contributed by atoms with Crippen LogP contribution in [-0.2, 0) is 20.5 Å². The molecule has 0 aromatic heterocycles. The molecule has 0 radical (unpaired) electrons. The van der Waals surface area contributed by atoms with E-state index in [9.17, 15) is 18.3 Å². The lowest BCUT2D eigenvalue weighted by Crippen LogP contribution is -2.43. The summed E-state index contributed by atoms with van der Waals surface area (Å²) >= 11 is 0. The van der Waals surface area contributed by atoms with E-state index in [-0.39, 0.29) is 22.0 Å². The average molecular weight is 517 g/mol. The van der Waals surface area contributed by atoms with Crippen LogP contribution in [0.5, 0.6) is 11.5 Å². The van der Waals surface area contributed by atoms with Gasteiger partial charge in [0.25, 0.3) is 5.91 Å². The van der Waals surface area contributed by atoms with Crippen LogP contribution in [0.3, 0.4) is 0 Å². The quantitative estimate of drug-likeness (QED) is 0.198. The molecule has 4 rings (SSSR count). The van der Waals surface area contributed by atoms with Gasteiger partial charge in [-0.1, -0.05) is 84.9 Å². The van der Waals surface area contributed by atoms with Gasteiger partial charge in [-0.3, -0.25) is 4.79 Å². The summed E-state index contributed by atoms with van der Waals surface area (Å²) in [7, 11) is -2.80. The molecule has 9 heteroatoms. The first-order chi connectivity index (χ1) is 17.9. The largest absolute Gasteiger partial charge is 0.493 e. The molecule has 0 bridgehead atoms. The monoisotopic (exact) mass is 516 g/mol. The Labute approximate surface area is 214 Å². The van der Waals surface area contributed by atoms with Gasteiger partial charge in [0.15, 0.2) is 17.1 Å². The highest BCUT2D eigenvalue weighted by Crippen LogP contribution is 2.33. The van der Waals surface area contributed by atoms with Crippen molar-refractivity contribution in [2.45, 2.75) is 10.5 Å². The first-order valence-electron chi connectivity index (χ1n) is 11.2. The fourth-order valence-electron chi connectivity index (χ4n) is 3.66. The Morgan fingerprint density at radius 3 is 1.92 bits per heavy atom. The molecule has 8 nitrogen and oxygen atoms in total. The lowest BCUT2D eigenvalue weighted by molar-refractivity contribution is -0.136. The third-order valence-electron chi connectivity index (χ3n) is 5.54. The van der Waals surface area contributed by atoms with Gasteiger partial charge in [0.2, 0.25) is 0 Å². The molecule has 37 heavy (non-hydrogen) atoms. The molecule has 0 aliphatic heterocycles. The second-order valence-corrected chi connectivity index (χ2v) is 9.42. The minimum absolute atomic E-state index is 0.0344. The van der Waals surface area contributed by atoms with Crippen LogP contribution in [0.15, 0.2) is 119 Å². The molecule has 4 aromatic carbocycles. The Morgan fingerprint density at radius 2 is 1.38 bits per heavy atom. The number of aliphatic hydroxyl groups is 1. The fourth-order valence-corrected chi connectivity index (χ4v) is 4.64. The van der Waals surface area contributed by atoms with Gasteiger partial charge in [-0.05, 0) is 35.4 Å². The zero-order valence-electron chi connectivity index (χ0n) is 19.8. The number of nitrogens with zero attached hydrogens (tertiary/aromatic N) is 1. The second kappa shape index (κ2) is 11.1. The predicted molar refractivity (Wildman–Crippen MR) is 139 cm³/mol. The Kier molecular flexibility index (Phi) is 7.66. The molecule has 0 spiro atoms. The fraction of sp³-hybridized carbons (Fsp3) is 0.0714. The first kappa shape index (κ1) is 25.6. The maximum absolute atomic E-state index is 13.3. The summed E-state index contributed by atoms with van der Waals surface area (Å²) in [6, 6.07) is 29.3. The Morgan fingerprint density at radius 1 is 0.838 bits per heavy atom. The van der Waals surface area contributed by atoms with Crippen LogP contribution in [0.2, 0.25) is 0 Å². The van der Waals surface area contributed by atoms with Crippen molar-refractivity contribution in [1.29, 1.82) is 0 Å². The number of amides is 1. The molecule has 0 saturated carbocycles. The zero-order valence-corrected chi connectivity index (χ0v) is 20.6.